The van der Waals surface area contributed by atoms with E-state index < -0.39 is 0 Å². The smallest absolute Gasteiger partial charge is 0.235 e. The fourth-order valence-electron chi connectivity index (χ4n) is 8.91. The van der Waals surface area contributed by atoms with Crippen molar-refractivity contribution in [3.05, 3.63) is 194 Å². The molecular weight excluding hydrogens is 681 g/mol. The van der Waals surface area contributed by atoms with Crippen LogP contribution < -0.4 is 0 Å². The minimum absolute atomic E-state index is 0.650. The third kappa shape index (κ3) is 4.60. The Balaban J connectivity index is 1.08. The second-order valence-electron chi connectivity index (χ2n) is 14.6. The van der Waals surface area contributed by atoms with E-state index in [0.29, 0.717) is 5.95 Å². The van der Waals surface area contributed by atoms with Gasteiger partial charge in [-0.05, 0) is 81.2 Å². The van der Waals surface area contributed by atoms with E-state index in [2.05, 4.69) is 203 Å². The summed E-state index contributed by atoms with van der Waals surface area (Å²) in [6.45, 7) is 0. The van der Waals surface area contributed by atoms with Crippen LogP contribution in [0.2, 0.25) is 0 Å². The van der Waals surface area contributed by atoms with Gasteiger partial charge in [0.2, 0.25) is 5.95 Å². The average Bonchev–Trinajstić information content (AvgIpc) is 3.79. The number of aromatic nitrogens is 4. The van der Waals surface area contributed by atoms with Gasteiger partial charge in [0.25, 0.3) is 0 Å². The van der Waals surface area contributed by atoms with Crippen LogP contribution in [-0.2, 0) is 0 Å². The van der Waals surface area contributed by atoms with E-state index in [1.165, 1.54) is 59.9 Å². The van der Waals surface area contributed by atoms with Crippen LogP contribution in [0.5, 0.6) is 0 Å². The molecule has 3 heterocycles. The molecule has 0 aliphatic carbocycles. The molecule has 3 aromatic heterocycles. The monoisotopic (exact) mass is 712 g/mol. The molecule has 0 amide bonds. The molecule has 56 heavy (non-hydrogen) atoms. The fourth-order valence-corrected chi connectivity index (χ4v) is 8.91. The molecule has 0 saturated heterocycles. The van der Waals surface area contributed by atoms with E-state index in [9.17, 15) is 0 Å². The molecule has 0 fully saturated rings. The van der Waals surface area contributed by atoms with Crippen molar-refractivity contribution in [2.75, 3.05) is 0 Å². The van der Waals surface area contributed by atoms with Crippen molar-refractivity contribution in [2.45, 2.75) is 0 Å². The zero-order chi connectivity index (χ0) is 36.7. The Morgan fingerprint density at radius 1 is 0.321 bits per heavy atom. The summed E-state index contributed by atoms with van der Waals surface area (Å²) in [5, 5.41) is 10.8. The first-order valence-electron chi connectivity index (χ1n) is 19.1. The van der Waals surface area contributed by atoms with Crippen molar-refractivity contribution >= 4 is 76.1 Å². The van der Waals surface area contributed by atoms with Crippen LogP contribution in [-0.4, -0.2) is 19.1 Å². The van der Waals surface area contributed by atoms with Crippen LogP contribution in [0.4, 0.5) is 0 Å². The summed E-state index contributed by atoms with van der Waals surface area (Å²) in [6, 6.07) is 69.7. The number of fused-ring (bicyclic) bond motifs is 10. The maximum absolute atomic E-state index is 5.44. The highest BCUT2D eigenvalue weighted by molar-refractivity contribution is 6.22. The summed E-state index contributed by atoms with van der Waals surface area (Å²) < 4.78 is 4.65. The first-order chi connectivity index (χ1) is 27.8. The van der Waals surface area contributed by atoms with Gasteiger partial charge in [0, 0.05) is 38.2 Å². The van der Waals surface area contributed by atoms with Crippen LogP contribution in [0.1, 0.15) is 0 Å². The van der Waals surface area contributed by atoms with Gasteiger partial charge in [-0.2, -0.15) is 0 Å². The maximum atomic E-state index is 5.44. The first-order valence-corrected chi connectivity index (χ1v) is 19.1. The minimum Gasteiger partial charge on any atom is -0.309 e. The molecule has 12 rings (SSSR count). The Morgan fingerprint density at radius 2 is 0.893 bits per heavy atom. The predicted octanol–water partition coefficient (Wildman–Crippen LogP) is 13.5. The van der Waals surface area contributed by atoms with Crippen LogP contribution in [0.25, 0.3) is 110 Å². The van der Waals surface area contributed by atoms with Crippen LogP contribution >= 0.6 is 0 Å². The summed E-state index contributed by atoms with van der Waals surface area (Å²) in [6.07, 6.45) is 0. The normalized spacial score (nSPS) is 11.9. The predicted molar refractivity (Wildman–Crippen MR) is 234 cm³/mol. The average molecular weight is 713 g/mol. The van der Waals surface area contributed by atoms with Crippen molar-refractivity contribution in [2.24, 2.45) is 0 Å². The molecule has 4 heteroatoms. The van der Waals surface area contributed by atoms with Crippen LogP contribution in [0.15, 0.2) is 194 Å². The number of hydrogen-bond donors (Lipinski definition) is 0. The molecule has 0 radical (unpaired) electrons. The van der Waals surface area contributed by atoms with E-state index in [1.54, 1.807) is 0 Å². The highest BCUT2D eigenvalue weighted by atomic mass is 15.2. The van der Waals surface area contributed by atoms with Crippen LogP contribution in [0.3, 0.4) is 0 Å². The van der Waals surface area contributed by atoms with Gasteiger partial charge in [0.1, 0.15) is 0 Å². The van der Waals surface area contributed by atoms with Gasteiger partial charge in [0.05, 0.1) is 33.3 Å². The Bertz CT molecular complexity index is 3480. The van der Waals surface area contributed by atoms with E-state index >= 15 is 0 Å². The lowest BCUT2D eigenvalue weighted by atomic mass is 9.99. The molecule has 4 nitrogen and oxygen atoms in total. The molecule has 0 aliphatic rings. The number of hydrogen-bond acceptors (Lipinski definition) is 2. The van der Waals surface area contributed by atoms with Crippen molar-refractivity contribution in [3.8, 4) is 34.0 Å². The Hall–Kier alpha value is -7.56. The van der Waals surface area contributed by atoms with Gasteiger partial charge in [-0.25, -0.2) is 9.97 Å². The fraction of sp³-hybridized carbons (Fsp3) is 0. The number of para-hydroxylation sites is 3. The third-order valence-corrected chi connectivity index (χ3v) is 11.5. The molecule has 0 N–H and O–H groups in total. The lowest BCUT2D eigenvalue weighted by Gasteiger charge is -2.13. The Kier molecular flexibility index (Phi) is 6.60. The number of nitrogens with zero attached hydrogens (tertiary/aromatic N) is 4. The quantitative estimate of drug-likeness (QED) is 0.182. The zero-order valence-electron chi connectivity index (χ0n) is 30.3. The molecule has 0 saturated carbocycles. The van der Waals surface area contributed by atoms with E-state index in [-0.39, 0.29) is 0 Å². The third-order valence-electron chi connectivity index (χ3n) is 11.5. The SMILES string of the molecule is c1ccc2cc(-c3ccc(-c4nc(-n5c6ccc(-n7c8ccccc8c8ccccc87)cc6c6c7ccccc7ccc65)nc5ccccc45)cc3)ccc2c1. The molecule has 12 aromatic rings. The van der Waals surface area contributed by atoms with E-state index in [4.69, 9.17) is 9.97 Å². The topological polar surface area (TPSA) is 35.6 Å². The Labute approximate surface area is 322 Å². The molecule has 0 aliphatic heterocycles. The standard InChI is InChI=1S/C52H32N4/c1-2-13-37-31-38(26-23-33(37)11-1)34-21-24-36(25-22-34)51-43-17-5-8-18-45(43)53-52(54-51)56-48-30-28-39(32-44(48)50-40-14-4-3-12-35(40)27-29-49(50)56)55-46-19-9-6-15-41(46)42-16-7-10-20-47(42)55/h1-32H. The van der Waals surface area contributed by atoms with Gasteiger partial charge >= 0.3 is 0 Å². The minimum atomic E-state index is 0.650. The molecule has 0 bridgehead atoms. The molecule has 260 valence electrons. The lowest BCUT2D eigenvalue weighted by Crippen LogP contribution is -2.03. The first kappa shape index (κ1) is 30.9. The van der Waals surface area contributed by atoms with Gasteiger partial charge < -0.3 is 4.57 Å². The molecule has 0 unspecified atom stereocenters. The van der Waals surface area contributed by atoms with Gasteiger partial charge in [-0.15, -0.1) is 0 Å². The van der Waals surface area contributed by atoms with Gasteiger partial charge in [-0.3, -0.25) is 4.57 Å². The largest absolute Gasteiger partial charge is 0.309 e. The number of rotatable bonds is 4. The van der Waals surface area contributed by atoms with Crippen molar-refractivity contribution < 1.29 is 0 Å². The second kappa shape index (κ2) is 12.0. The van der Waals surface area contributed by atoms with Crippen molar-refractivity contribution in [3.63, 3.8) is 0 Å². The maximum Gasteiger partial charge on any atom is 0.235 e. The molecule has 0 atom stereocenters. The zero-order valence-corrected chi connectivity index (χ0v) is 30.3. The molecular formula is C52H32N4. The lowest BCUT2D eigenvalue weighted by molar-refractivity contribution is 1.01. The van der Waals surface area contributed by atoms with E-state index in [1.807, 2.05) is 0 Å². The summed E-state index contributed by atoms with van der Waals surface area (Å²) >= 11 is 0. The number of benzene rings is 9. The summed E-state index contributed by atoms with van der Waals surface area (Å²) in [5.41, 5.74) is 10.9. The molecule has 0 spiro atoms. The second-order valence-corrected chi connectivity index (χ2v) is 14.6. The molecule has 9 aromatic carbocycles. The Morgan fingerprint density at radius 3 is 1.68 bits per heavy atom. The highest BCUT2D eigenvalue weighted by Gasteiger charge is 2.21. The van der Waals surface area contributed by atoms with Crippen molar-refractivity contribution in [1.29, 1.82) is 0 Å². The van der Waals surface area contributed by atoms with Crippen molar-refractivity contribution in [1.82, 2.24) is 19.1 Å². The van der Waals surface area contributed by atoms with Crippen LogP contribution in [0, 0.1) is 0 Å². The summed E-state index contributed by atoms with van der Waals surface area (Å²) in [5.74, 6) is 0.650. The highest BCUT2D eigenvalue weighted by Crippen LogP contribution is 2.40. The van der Waals surface area contributed by atoms with Gasteiger partial charge in [0.15, 0.2) is 0 Å². The van der Waals surface area contributed by atoms with Gasteiger partial charge in [-0.1, -0.05) is 146 Å². The summed E-state index contributed by atoms with van der Waals surface area (Å²) in [7, 11) is 0. The van der Waals surface area contributed by atoms with E-state index in [0.717, 1.165) is 44.3 Å². The summed E-state index contributed by atoms with van der Waals surface area (Å²) in [4.78, 5) is 10.7.